The second kappa shape index (κ2) is 8.20. The van der Waals surface area contributed by atoms with Crippen LogP contribution in [0.25, 0.3) is 10.9 Å². The molecule has 180 valence electrons. The Bertz CT molecular complexity index is 1020. The maximum absolute atomic E-state index is 12.4. The third-order valence-corrected chi connectivity index (χ3v) is 6.85. The van der Waals surface area contributed by atoms with E-state index in [0.29, 0.717) is 18.8 Å². The predicted octanol–water partition coefficient (Wildman–Crippen LogP) is 3.92. The van der Waals surface area contributed by atoms with E-state index in [9.17, 15) is 4.79 Å². The Morgan fingerprint density at radius 3 is 2.27 bits per heavy atom. The van der Waals surface area contributed by atoms with Crippen LogP contribution in [0, 0.1) is 0 Å². The van der Waals surface area contributed by atoms with Crippen molar-refractivity contribution in [2.75, 3.05) is 20.2 Å². The van der Waals surface area contributed by atoms with Gasteiger partial charge in [-0.15, -0.1) is 0 Å². The number of fused-ring (bicyclic) bond motifs is 1. The molecule has 0 atom stereocenters. The molecule has 0 spiro atoms. The van der Waals surface area contributed by atoms with Gasteiger partial charge in [-0.2, -0.15) is 5.10 Å². The predicted molar refractivity (Wildman–Crippen MR) is 128 cm³/mol. The van der Waals surface area contributed by atoms with Crippen LogP contribution in [-0.4, -0.2) is 64.9 Å². The topological polar surface area (TPSA) is 75.1 Å². The lowest BCUT2D eigenvalue weighted by atomic mass is 9.78. The van der Waals surface area contributed by atoms with E-state index in [1.165, 1.54) is 0 Å². The minimum Gasteiger partial charge on any atom is -0.494 e. The van der Waals surface area contributed by atoms with Crippen LogP contribution in [0.1, 0.15) is 67.3 Å². The Labute approximate surface area is 196 Å². The summed E-state index contributed by atoms with van der Waals surface area (Å²) in [5.41, 5.74) is 0.418. The molecular formula is C24H36BN3O5. The van der Waals surface area contributed by atoms with Gasteiger partial charge in [0.2, 0.25) is 0 Å². The molecule has 0 aliphatic carbocycles. The number of carbonyl (C=O) groups is 1. The molecule has 3 heterocycles. The Balaban J connectivity index is 1.53. The fourth-order valence-corrected chi connectivity index (χ4v) is 4.24. The number of piperidine rings is 1. The molecule has 0 radical (unpaired) electrons. The number of carbonyl (C=O) groups excluding carboxylic acids is 1. The van der Waals surface area contributed by atoms with Crippen LogP contribution in [0.5, 0.6) is 5.75 Å². The van der Waals surface area contributed by atoms with Crippen LogP contribution in [0.3, 0.4) is 0 Å². The zero-order valence-corrected chi connectivity index (χ0v) is 21.1. The van der Waals surface area contributed by atoms with E-state index in [4.69, 9.17) is 23.9 Å². The van der Waals surface area contributed by atoms with E-state index in [-0.39, 0.29) is 12.1 Å². The van der Waals surface area contributed by atoms with Gasteiger partial charge in [0, 0.05) is 24.7 Å². The zero-order valence-electron chi connectivity index (χ0n) is 21.1. The fourth-order valence-electron chi connectivity index (χ4n) is 4.24. The van der Waals surface area contributed by atoms with Crippen molar-refractivity contribution in [2.45, 2.75) is 84.2 Å². The molecule has 0 N–H and O–H groups in total. The van der Waals surface area contributed by atoms with Gasteiger partial charge in [-0.05, 0) is 72.8 Å². The van der Waals surface area contributed by atoms with Crippen LogP contribution in [-0.2, 0) is 14.0 Å². The maximum Gasteiger partial charge on any atom is 0.494 e. The Kier molecular flexibility index (Phi) is 5.94. The van der Waals surface area contributed by atoms with Crippen molar-refractivity contribution in [2.24, 2.45) is 0 Å². The second-order valence-electron chi connectivity index (χ2n) is 11.1. The molecule has 2 aliphatic heterocycles. The fraction of sp³-hybridized carbons (Fsp3) is 0.667. The molecule has 33 heavy (non-hydrogen) atoms. The highest BCUT2D eigenvalue weighted by Crippen LogP contribution is 2.37. The number of hydrogen-bond acceptors (Lipinski definition) is 6. The van der Waals surface area contributed by atoms with Crippen molar-refractivity contribution in [1.82, 2.24) is 14.7 Å². The van der Waals surface area contributed by atoms with E-state index >= 15 is 0 Å². The molecule has 0 bridgehead atoms. The third-order valence-electron chi connectivity index (χ3n) is 6.85. The Morgan fingerprint density at radius 1 is 1.12 bits per heavy atom. The summed E-state index contributed by atoms with van der Waals surface area (Å²) in [6.45, 7) is 15.1. The molecule has 1 aromatic heterocycles. The molecule has 8 nitrogen and oxygen atoms in total. The standard InChI is InChI=1S/C24H36BN3O5/c1-22(2,3)31-21(29)27-11-9-18(10-12-27)28-15-16-13-17(14-19(30-8)20(16)26-28)25-32-23(4,5)24(6,7)33-25/h13-15,18H,9-12H2,1-8H3. The summed E-state index contributed by atoms with van der Waals surface area (Å²) in [5.74, 6) is 0.696. The number of aromatic nitrogens is 2. The maximum atomic E-state index is 12.4. The number of methoxy groups -OCH3 is 1. The average Bonchev–Trinajstić information content (AvgIpc) is 3.23. The lowest BCUT2D eigenvalue weighted by molar-refractivity contribution is 0.00578. The first-order chi connectivity index (χ1) is 15.3. The second-order valence-corrected chi connectivity index (χ2v) is 11.1. The van der Waals surface area contributed by atoms with Gasteiger partial charge in [-0.3, -0.25) is 4.68 Å². The molecule has 0 saturated carbocycles. The Morgan fingerprint density at radius 2 is 1.73 bits per heavy atom. The molecule has 1 amide bonds. The van der Waals surface area contributed by atoms with Crippen LogP contribution in [0.15, 0.2) is 18.3 Å². The van der Waals surface area contributed by atoms with E-state index < -0.39 is 23.9 Å². The third kappa shape index (κ3) is 4.71. The molecule has 2 saturated heterocycles. The van der Waals surface area contributed by atoms with Crippen LogP contribution in [0.2, 0.25) is 0 Å². The quantitative estimate of drug-likeness (QED) is 0.651. The molecule has 1 aromatic carbocycles. The number of ether oxygens (including phenoxy) is 2. The summed E-state index contributed by atoms with van der Waals surface area (Å²) in [4.78, 5) is 14.2. The minimum atomic E-state index is -0.487. The SMILES string of the molecule is COc1cc(B2OC(C)(C)C(C)(C)O2)cc2cn(C3CCN(C(=O)OC(C)(C)C)CC3)nc12. The largest absolute Gasteiger partial charge is 0.494 e. The molecule has 9 heteroatoms. The smallest absolute Gasteiger partial charge is 0.494 e. The number of amides is 1. The minimum absolute atomic E-state index is 0.209. The van der Waals surface area contributed by atoms with Gasteiger partial charge in [0.25, 0.3) is 0 Å². The Hall–Kier alpha value is -2.26. The summed E-state index contributed by atoms with van der Waals surface area (Å²) in [6, 6.07) is 4.23. The number of rotatable bonds is 3. The lowest BCUT2D eigenvalue weighted by Crippen LogP contribution is -2.42. The van der Waals surface area contributed by atoms with Gasteiger partial charge in [0.15, 0.2) is 0 Å². The van der Waals surface area contributed by atoms with Crippen molar-refractivity contribution in [3.8, 4) is 5.75 Å². The van der Waals surface area contributed by atoms with Gasteiger partial charge >= 0.3 is 13.2 Å². The highest BCUT2D eigenvalue weighted by Gasteiger charge is 2.52. The van der Waals surface area contributed by atoms with Crippen LogP contribution < -0.4 is 10.2 Å². The van der Waals surface area contributed by atoms with Gasteiger partial charge in [-0.1, -0.05) is 6.07 Å². The van der Waals surface area contributed by atoms with Gasteiger partial charge in [0.1, 0.15) is 16.9 Å². The van der Waals surface area contributed by atoms with Gasteiger partial charge < -0.3 is 23.7 Å². The monoisotopic (exact) mass is 457 g/mol. The molecule has 2 fully saturated rings. The summed E-state index contributed by atoms with van der Waals surface area (Å²) in [7, 11) is 1.19. The number of benzene rings is 1. The van der Waals surface area contributed by atoms with Crippen molar-refractivity contribution in [1.29, 1.82) is 0 Å². The first-order valence-corrected chi connectivity index (χ1v) is 11.7. The number of nitrogens with zero attached hydrogens (tertiary/aromatic N) is 3. The van der Waals surface area contributed by atoms with Crippen molar-refractivity contribution < 1.29 is 23.6 Å². The molecule has 4 rings (SSSR count). The van der Waals surface area contributed by atoms with Crippen molar-refractivity contribution in [3.63, 3.8) is 0 Å². The average molecular weight is 457 g/mol. The molecule has 2 aliphatic rings. The first-order valence-electron chi connectivity index (χ1n) is 11.7. The molecule has 0 unspecified atom stereocenters. The van der Waals surface area contributed by atoms with Crippen LogP contribution in [0.4, 0.5) is 4.79 Å². The summed E-state index contributed by atoms with van der Waals surface area (Å²) in [6.07, 6.45) is 3.44. The summed E-state index contributed by atoms with van der Waals surface area (Å²) >= 11 is 0. The number of hydrogen-bond donors (Lipinski definition) is 0. The van der Waals surface area contributed by atoms with E-state index in [1.54, 1.807) is 12.0 Å². The normalized spacial score (nSPS) is 21.0. The van der Waals surface area contributed by atoms with E-state index in [0.717, 1.165) is 29.2 Å². The zero-order chi connectivity index (χ0) is 24.2. The lowest BCUT2D eigenvalue weighted by Gasteiger charge is -2.33. The van der Waals surface area contributed by atoms with Gasteiger partial charge in [0.05, 0.1) is 24.4 Å². The first kappa shape index (κ1) is 23.9. The highest BCUT2D eigenvalue weighted by atomic mass is 16.7. The highest BCUT2D eigenvalue weighted by molar-refractivity contribution is 6.62. The molecule has 2 aromatic rings. The summed E-state index contributed by atoms with van der Waals surface area (Å²) < 4.78 is 25.7. The number of likely N-dealkylation sites (tertiary alicyclic amines) is 1. The van der Waals surface area contributed by atoms with E-state index in [2.05, 4.69) is 12.3 Å². The van der Waals surface area contributed by atoms with Crippen molar-refractivity contribution >= 4 is 29.6 Å². The summed E-state index contributed by atoms with van der Waals surface area (Å²) in [5, 5.41) is 5.82. The molecular weight excluding hydrogens is 421 g/mol. The van der Waals surface area contributed by atoms with E-state index in [1.807, 2.05) is 59.2 Å². The van der Waals surface area contributed by atoms with Gasteiger partial charge in [-0.25, -0.2) is 4.79 Å². The van der Waals surface area contributed by atoms with Crippen LogP contribution >= 0.6 is 0 Å². The van der Waals surface area contributed by atoms with Crippen molar-refractivity contribution in [3.05, 3.63) is 18.3 Å².